The van der Waals surface area contributed by atoms with Crippen molar-refractivity contribution in [3.05, 3.63) is 11.6 Å². The summed E-state index contributed by atoms with van der Waals surface area (Å²) in [4.78, 5) is 0. The van der Waals surface area contributed by atoms with Gasteiger partial charge in [0.2, 0.25) is 0 Å². The highest BCUT2D eigenvalue weighted by molar-refractivity contribution is 5.29. The van der Waals surface area contributed by atoms with Crippen LogP contribution >= 0.6 is 0 Å². The molecule has 0 unspecified atom stereocenters. The van der Waals surface area contributed by atoms with Crippen molar-refractivity contribution >= 4 is 0 Å². The first kappa shape index (κ1) is 22.1. The minimum atomic E-state index is -0.416. The smallest absolute Gasteiger partial charge is 0.171 e. The van der Waals surface area contributed by atoms with Crippen LogP contribution in [0.4, 0.5) is 0 Å². The van der Waals surface area contributed by atoms with Crippen molar-refractivity contribution in [3.8, 4) is 0 Å². The Morgan fingerprint density at radius 3 is 2.59 bits per heavy atom. The van der Waals surface area contributed by atoms with E-state index in [4.69, 9.17) is 9.47 Å². The molecule has 0 bridgehead atoms. The maximum absolute atomic E-state index is 10.3. The highest BCUT2D eigenvalue weighted by Crippen LogP contribution is 2.74. The van der Waals surface area contributed by atoms with E-state index >= 15 is 0 Å². The van der Waals surface area contributed by atoms with Crippen LogP contribution in [-0.2, 0) is 9.47 Å². The fraction of sp³-hybridized carbons (Fsp3) is 0.929. The van der Waals surface area contributed by atoms with Gasteiger partial charge in [0.1, 0.15) is 0 Å². The van der Waals surface area contributed by atoms with Gasteiger partial charge in [-0.15, -0.1) is 0 Å². The van der Waals surface area contributed by atoms with Crippen molar-refractivity contribution in [3.63, 3.8) is 0 Å². The van der Waals surface area contributed by atoms with E-state index in [1.807, 2.05) is 0 Å². The molecule has 2 heterocycles. The number of ether oxygens (including phenoxy) is 2. The Morgan fingerprint density at radius 2 is 1.88 bits per heavy atom. The van der Waals surface area contributed by atoms with Gasteiger partial charge in [-0.25, -0.2) is 0 Å². The van der Waals surface area contributed by atoms with Crippen LogP contribution in [0, 0.1) is 45.8 Å². The Labute approximate surface area is 194 Å². The second-order valence-electron chi connectivity index (χ2n) is 13.2. The number of allylic oxidation sites excluding steroid dienone is 1. The molecule has 5 fully saturated rings. The molecule has 4 nitrogen and oxygen atoms in total. The third-order valence-corrected chi connectivity index (χ3v) is 12.3. The molecular weight excluding hydrogens is 400 g/mol. The van der Waals surface area contributed by atoms with Crippen LogP contribution in [0.15, 0.2) is 11.6 Å². The molecule has 32 heavy (non-hydrogen) atoms. The third kappa shape index (κ3) is 2.64. The van der Waals surface area contributed by atoms with E-state index in [1.165, 1.54) is 25.7 Å². The van der Waals surface area contributed by atoms with Crippen molar-refractivity contribution in [2.24, 2.45) is 45.8 Å². The Kier molecular flexibility index (Phi) is 4.87. The first-order chi connectivity index (χ1) is 15.2. The molecule has 2 aliphatic heterocycles. The molecule has 0 aromatic carbocycles. The minimum absolute atomic E-state index is 0.138. The van der Waals surface area contributed by atoms with Gasteiger partial charge in [-0.2, -0.15) is 0 Å². The van der Waals surface area contributed by atoms with Crippen LogP contribution in [0.1, 0.15) is 85.5 Å². The SMILES string of the molecule is C[C@H]1[C@H]2[C@H](C[C@H]3[C@@H]4CC=C5C[C@@H](O)CC[C@]5(C)[C@@]4(C)CC[C@]23C)O[C@]12CC[C@@H](CO)CO2. The molecule has 0 aromatic heterocycles. The Bertz CT molecular complexity index is 799. The van der Waals surface area contributed by atoms with Gasteiger partial charge in [0.05, 0.1) is 18.8 Å². The van der Waals surface area contributed by atoms with E-state index in [0.29, 0.717) is 47.2 Å². The second-order valence-corrected chi connectivity index (χ2v) is 13.2. The van der Waals surface area contributed by atoms with Crippen molar-refractivity contribution in [1.82, 2.24) is 0 Å². The Hall–Kier alpha value is -0.420. The topological polar surface area (TPSA) is 58.9 Å². The zero-order valence-corrected chi connectivity index (χ0v) is 20.6. The summed E-state index contributed by atoms with van der Waals surface area (Å²) in [5, 5.41) is 19.9. The summed E-state index contributed by atoms with van der Waals surface area (Å²) in [5.41, 5.74) is 2.45. The molecule has 4 heteroatoms. The highest BCUT2D eigenvalue weighted by Gasteiger charge is 2.70. The van der Waals surface area contributed by atoms with Gasteiger partial charge >= 0.3 is 0 Å². The van der Waals surface area contributed by atoms with Gasteiger partial charge in [-0.1, -0.05) is 39.3 Å². The summed E-state index contributed by atoms with van der Waals surface area (Å²) < 4.78 is 13.3. The molecule has 6 rings (SSSR count). The molecular formula is C28H44O4. The average molecular weight is 445 g/mol. The monoisotopic (exact) mass is 444 g/mol. The normalized spacial score (nSPS) is 59.2. The minimum Gasteiger partial charge on any atom is -0.396 e. The molecule has 3 saturated carbocycles. The number of aliphatic hydroxyl groups is 2. The summed E-state index contributed by atoms with van der Waals surface area (Å²) in [5.74, 6) is 2.28. The molecule has 0 aromatic rings. The number of aliphatic hydroxyl groups excluding tert-OH is 2. The molecule has 1 spiro atoms. The molecule has 0 amide bonds. The molecule has 4 aliphatic carbocycles. The summed E-state index contributed by atoms with van der Waals surface area (Å²) in [6, 6.07) is 0. The largest absolute Gasteiger partial charge is 0.396 e. The first-order valence-corrected chi connectivity index (χ1v) is 13.5. The van der Waals surface area contributed by atoms with Crippen LogP contribution in [0.25, 0.3) is 0 Å². The van der Waals surface area contributed by atoms with Crippen LogP contribution < -0.4 is 0 Å². The lowest BCUT2D eigenvalue weighted by Crippen LogP contribution is -2.57. The van der Waals surface area contributed by atoms with Gasteiger partial charge in [-0.05, 0) is 85.4 Å². The van der Waals surface area contributed by atoms with Gasteiger partial charge in [0.25, 0.3) is 0 Å². The lowest BCUT2D eigenvalue weighted by atomic mass is 9.40. The van der Waals surface area contributed by atoms with Crippen LogP contribution in [0.5, 0.6) is 0 Å². The van der Waals surface area contributed by atoms with Gasteiger partial charge in [0.15, 0.2) is 5.79 Å². The predicted molar refractivity (Wildman–Crippen MR) is 124 cm³/mol. The summed E-state index contributed by atoms with van der Waals surface area (Å²) in [6.45, 7) is 11.0. The van der Waals surface area contributed by atoms with E-state index in [1.54, 1.807) is 5.57 Å². The molecule has 2 N–H and O–H groups in total. The average Bonchev–Trinajstić information content (AvgIpc) is 3.21. The third-order valence-electron chi connectivity index (χ3n) is 12.3. The van der Waals surface area contributed by atoms with Crippen LogP contribution in [0.2, 0.25) is 0 Å². The van der Waals surface area contributed by atoms with Crippen LogP contribution in [-0.4, -0.2) is 41.4 Å². The van der Waals surface area contributed by atoms with Crippen molar-refractivity contribution in [2.75, 3.05) is 13.2 Å². The molecule has 2 saturated heterocycles. The van der Waals surface area contributed by atoms with E-state index < -0.39 is 5.79 Å². The number of rotatable bonds is 1. The van der Waals surface area contributed by atoms with Gasteiger partial charge in [-0.3, -0.25) is 0 Å². The van der Waals surface area contributed by atoms with Crippen molar-refractivity contribution < 1.29 is 19.7 Å². The molecule has 6 aliphatic rings. The Balaban J connectivity index is 1.29. The quantitative estimate of drug-likeness (QED) is 0.554. The highest BCUT2D eigenvalue weighted by atomic mass is 16.7. The van der Waals surface area contributed by atoms with Gasteiger partial charge < -0.3 is 19.7 Å². The molecule has 180 valence electrons. The predicted octanol–water partition coefficient (Wildman–Crippen LogP) is 5.08. The van der Waals surface area contributed by atoms with Crippen molar-refractivity contribution in [1.29, 1.82) is 0 Å². The molecule has 0 radical (unpaired) electrons. The number of fused-ring (bicyclic) bond motifs is 7. The van der Waals surface area contributed by atoms with Crippen molar-refractivity contribution in [2.45, 2.75) is 103 Å². The number of hydrogen-bond donors (Lipinski definition) is 2. The van der Waals surface area contributed by atoms with E-state index in [9.17, 15) is 10.2 Å². The Morgan fingerprint density at radius 1 is 1.06 bits per heavy atom. The van der Waals surface area contributed by atoms with Gasteiger partial charge in [0, 0.05) is 24.9 Å². The van der Waals surface area contributed by atoms with Crippen LogP contribution in [0.3, 0.4) is 0 Å². The van der Waals surface area contributed by atoms with E-state index in [-0.39, 0.29) is 24.0 Å². The van der Waals surface area contributed by atoms with E-state index in [0.717, 1.165) is 32.1 Å². The fourth-order valence-electron chi connectivity index (χ4n) is 10.1. The number of hydrogen-bond acceptors (Lipinski definition) is 4. The lowest BCUT2D eigenvalue weighted by molar-refractivity contribution is -0.276. The first-order valence-electron chi connectivity index (χ1n) is 13.5. The standard InChI is InChI=1S/C28H44O4/c1-17-24-23(32-28(17)10-7-18(15-29)16-31-28)14-22-21-6-5-19-13-20(30)8-9-26(19,3)27(21,4)12-11-25(22,24)2/h5,17-18,20-24,29-30H,6-16H2,1-4H3/t17-,18-,20-,21-,22-,23-,24-,25-,26-,27-,28+/m0/s1. The fourth-order valence-corrected chi connectivity index (χ4v) is 10.1. The zero-order valence-electron chi connectivity index (χ0n) is 20.6. The summed E-state index contributed by atoms with van der Waals surface area (Å²) in [7, 11) is 0. The maximum atomic E-state index is 10.3. The second kappa shape index (κ2) is 7.06. The summed E-state index contributed by atoms with van der Waals surface area (Å²) >= 11 is 0. The van der Waals surface area contributed by atoms with E-state index in [2.05, 4.69) is 33.8 Å². The summed E-state index contributed by atoms with van der Waals surface area (Å²) in [6.07, 6.45) is 12.6. The zero-order chi connectivity index (χ0) is 22.5. The molecule has 11 atom stereocenters. The lowest BCUT2D eigenvalue weighted by Gasteiger charge is -2.64. The maximum Gasteiger partial charge on any atom is 0.171 e.